The van der Waals surface area contributed by atoms with Crippen LogP contribution in [0.1, 0.15) is 12.8 Å². The molecule has 1 aromatic heterocycles. The van der Waals surface area contributed by atoms with Gasteiger partial charge in [0.25, 0.3) is 0 Å². The lowest BCUT2D eigenvalue weighted by molar-refractivity contribution is -0.120. The molecule has 1 amide bonds. The van der Waals surface area contributed by atoms with Gasteiger partial charge in [-0.2, -0.15) is 4.31 Å². The summed E-state index contributed by atoms with van der Waals surface area (Å²) in [7, 11) is -2.11. The van der Waals surface area contributed by atoms with E-state index in [1.54, 1.807) is 36.7 Å². The van der Waals surface area contributed by atoms with Gasteiger partial charge in [0.1, 0.15) is 5.75 Å². The number of ether oxygens (including phenoxy) is 1. The molecule has 138 valence electrons. The number of pyridine rings is 1. The molecule has 1 saturated heterocycles. The molecule has 0 aliphatic carbocycles. The molecule has 1 N–H and O–H groups in total. The maximum absolute atomic E-state index is 12.9. The van der Waals surface area contributed by atoms with Crippen LogP contribution in [0.4, 0.5) is 5.69 Å². The van der Waals surface area contributed by atoms with E-state index in [2.05, 4.69) is 10.3 Å². The molecule has 2 heterocycles. The molecule has 3 rings (SSSR count). The molecule has 0 bridgehead atoms. The van der Waals surface area contributed by atoms with Gasteiger partial charge in [0.05, 0.1) is 17.9 Å². The fourth-order valence-electron chi connectivity index (χ4n) is 2.95. The summed E-state index contributed by atoms with van der Waals surface area (Å²) >= 11 is 0. The minimum atomic E-state index is -3.64. The summed E-state index contributed by atoms with van der Waals surface area (Å²) in [6.45, 7) is 0.582. The molecule has 1 aliphatic rings. The van der Waals surface area contributed by atoms with Crippen molar-refractivity contribution in [1.82, 2.24) is 9.29 Å². The maximum atomic E-state index is 12.9. The number of hydrogen-bond donors (Lipinski definition) is 1. The van der Waals surface area contributed by atoms with E-state index in [0.717, 1.165) is 0 Å². The summed E-state index contributed by atoms with van der Waals surface area (Å²) in [5.41, 5.74) is 0.653. The fourth-order valence-corrected chi connectivity index (χ4v) is 4.47. The van der Waals surface area contributed by atoms with Crippen molar-refractivity contribution in [2.24, 2.45) is 5.92 Å². The van der Waals surface area contributed by atoms with Crippen LogP contribution < -0.4 is 10.1 Å². The molecule has 7 nitrogen and oxygen atoms in total. The first-order valence-electron chi connectivity index (χ1n) is 8.36. The third kappa shape index (κ3) is 4.03. The Morgan fingerprint density at radius 1 is 1.19 bits per heavy atom. The van der Waals surface area contributed by atoms with Crippen molar-refractivity contribution in [1.29, 1.82) is 0 Å². The largest absolute Gasteiger partial charge is 0.497 e. The molecule has 0 unspecified atom stereocenters. The number of carbonyl (C=O) groups is 1. The summed E-state index contributed by atoms with van der Waals surface area (Å²) in [5, 5.41) is 2.82. The van der Waals surface area contributed by atoms with Crippen molar-refractivity contribution >= 4 is 21.6 Å². The number of methoxy groups -OCH3 is 1. The van der Waals surface area contributed by atoms with Crippen LogP contribution in [0, 0.1) is 5.92 Å². The zero-order valence-electron chi connectivity index (χ0n) is 14.5. The van der Waals surface area contributed by atoms with Gasteiger partial charge in [0.15, 0.2) is 0 Å². The minimum absolute atomic E-state index is 0.172. The van der Waals surface area contributed by atoms with Gasteiger partial charge in [0, 0.05) is 31.2 Å². The molecule has 1 aromatic carbocycles. The Hall–Kier alpha value is -2.45. The highest BCUT2D eigenvalue weighted by Crippen LogP contribution is 2.25. The monoisotopic (exact) mass is 375 g/mol. The smallest absolute Gasteiger partial charge is 0.243 e. The van der Waals surface area contributed by atoms with Crippen molar-refractivity contribution in [2.45, 2.75) is 17.7 Å². The average Bonchev–Trinajstić information content (AvgIpc) is 2.69. The number of piperidine rings is 1. The summed E-state index contributed by atoms with van der Waals surface area (Å²) in [6, 6.07) is 9.68. The topological polar surface area (TPSA) is 88.6 Å². The van der Waals surface area contributed by atoms with Crippen LogP contribution in [-0.4, -0.2) is 43.8 Å². The van der Waals surface area contributed by atoms with Gasteiger partial charge < -0.3 is 10.1 Å². The Morgan fingerprint density at radius 2 is 1.88 bits per heavy atom. The van der Waals surface area contributed by atoms with E-state index in [4.69, 9.17) is 4.74 Å². The van der Waals surface area contributed by atoms with Crippen molar-refractivity contribution in [3.8, 4) is 5.75 Å². The van der Waals surface area contributed by atoms with Crippen LogP contribution in [0.3, 0.4) is 0 Å². The number of aromatic nitrogens is 1. The van der Waals surface area contributed by atoms with Gasteiger partial charge in [0.2, 0.25) is 15.9 Å². The fraction of sp³-hybridized carbons (Fsp3) is 0.333. The molecule has 26 heavy (non-hydrogen) atoms. The van der Waals surface area contributed by atoms with E-state index < -0.39 is 10.0 Å². The van der Waals surface area contributed by atoms with Crippen molar-refractivity contribution in [3.63, 3.8) is 0 Å². The summed E-state index contributed by atoms with van der Waals surface area (Å²) in [6.07, 6.45) is 4.49. The van der Waals surface area contributed by atoms with Gasteiger partial charge in [-0.1, -0.05) is 0 Å². The lowest BCUT2D eigenvalue weighted by Gasteiger charge is -2.31. The molecule has 8 heteroatoms. The Bertz CT molecular complexity index is 854. The lowest BCUT2D eigenvalue weighted by Crippen LogP contribution is -2.43. The van der Waals surface area contributed by atoms with Gasteiger partial charge in [-0.05, 0) is 49.2 Å². The first-order valence-corrected chi connectivity index (χ1v) is 9.80. The second kappa shape index (κ2) is 7.84. The molecule has 2 aromatic rings. The highest BCUT2D eigenvalue weighted by molar-refractivity contribution is 7.89. The normalized spacial score (nSPS) is 18.3. The number of hydrogen-bond acceptors (Lipinski definition) is 5. The van der Waals surface area contributed by atoms with Gasteiger partial charge in [-0.15, -0.1) is 0 Å². The van der Waals surface area contributed by atoms with Crippen LogP contribution in [-0.2, 0) is 14.8 Å². The second-order valence-electron chi connectivity index (χ2n) is 6.10. The lowest BCUT2D eigenvalue weighted by atomic mass is 9.99. The van der Waals surface area contributed by atoms with Gasteiger partial charge in [-0.3, -0.25) is 9.78 Å². The van der Waals surface area contributed by atoms with E-state index in [1.807, 2.05) is 0 Å². The number of amides is 1. The van der Waals surface area contributed by atoms with E-state index in [9.17, 15) is 13.2 Å². The highest BCUT2D eigenvalue weighted by Gasteiger charge is 2.33. The maximum Gasteiger partial charge on any atom is 0.243 e. The first-order chi connectivity index (χ1) is 12.5. The number of carbonyl (C=O) groups excluding carboxylic acids is 1. The molecular formula is C18H21N3O4S. The van der Waals surface area contributed by atoms with Gasteiger partial charge in [-0.25, -0.2) is 8.42 Å². The molecule has 0 saturated carbocycles. The third-order valence-corrected chi connectivity index (χ3v) is 6.28. The molecule has 0 radical (unpaired) electrons. The Labute approximate surface area is 153 Å². The highest BCUT2D eigenvalue weighted by atomic mass is 32.2. The van der Waals surface area contributed by atoms with Crippen LogP contribution >= 0.6 is 0 Å². The summed E-state index contributed by atoms with van der Waals surface area (Å²) < 4.78 is 32.2. The van der Waals surface area contributed by atoms with E-state index in [-0.39, 0.29) is 23.3 Å². The number of sulfonamides is 1. The zero-order chi connectivity index (χ0) is 18.6. The number of anilines is 1. The van der Waals surface area contributed by atoms with Crippen LogP contribution in [0.25, 0.3) is 0 Å². The number of benzene rings is 1. The summed E-state index contributed by atoms with van der Waals surface area (Å²) in [5.74, 6) is 0.0352. The Kier molecular flexibility index (Phi) is 5.53. The van der Waals surface area contributed by atoms with Crippen LogP contribution in [0.15, 0.2) is 53.7 Å². The quantitative estimate of drug-likeness (QED) is 0.865. The van der Waals surface area contributed by atoms with E-state index in [0.29, 0.717) is 30.8 Å². The summed E-state index contributed by atoms with van der Waals surface area (Å²) in [4.78, 5) is 16.6. The first kappa shape index (κ1) is 18.3. The predicted molar refractivity (Wildman–Crippen MR) is 97.3 cm³/mol. The van der Waals surface area contributed by atoms with Crippen LogP contribution in [0.2, 0.25) is 0 Å². The number of nitrogens with one attached hydrogen (secondary N) is 1. The van der Waals surface area contributed by atoms with Gasteiger partial charge >= 0.3 is 0 Å². The molecular weight excluding hydrogens is 354 g/mol. The SMILES string of the molecule is COc1ccc(S(=O)(=O)N2CCC[C@@H](C(=O)Nc3ccncc3)C2)cc1. The predicted octanol–water partition coefficient (Wildman–Crippen LogP) is 2.13. The number of nitrogens with zero attached hydrogens (tertiary/aromatic N) is 2. The molecule has 1 aliphatic heterocycles. The standard InChI is InChI=1S/C18H21N3O4S/c1-25-16-4-6-17(7-5-16)26(23,24)21-12-2-3-14(13-21)18(22)20-15-8-10-19-11-9-15/h4-11,14H,2-3,12-13H2,1H3,(H,19,20,22)/t14-/m1/s1. The third-order valence-electron chi connectivity index (χ3n) is 4.40. The molecule has 1 fully saturated rings. The molecule has 1 atom stereocenters. The second-order valence-corrected chi connectivity index (χ2v) is 8.04. The van der Waals surface area contributed by atoms with E-state index >= 15 is 0 Å². The van der Waals surface area contributed by atoms with Crippen LogP contribution in [0.5, 0.6) is 5.75 Å². The molecule has 0 spiro atoms. The Morgan fingerprint density at radius 3 is 2.54 bits per heavy atom. The van der Waals surface area contributed by atoms with E-state index in [1.165, 1.54) is 23.5 Å². The zero-order valence-corrected chi connectivity index (χ0v) is 15.3. The van der Waals surface area contributed by atoms with Crippen molar-refractivity contribution < 1.29 is 17.9 Å². The average molecular weight is 375 g/mol. The minimum Gasteiger partial charge on any atom is -0.497 e. The number of rotatable bonds is 5. The Balaban J connectivity index is 1.71. The van der Waals surface area contributed by atoms with Crippen molar-refractivity contribution in [3.05, 3.63) is 48.8 Å². The van der Waals surface area contributed by atoms with Crippen molar-refractivity contribution in [2.75, 3.05) is 25.5 Å².